The number of ether oxygens (including phenoxy) is 2. The van der Waals surface area contributed by atoms with E-state index in [1.807, 2.05) is 0 Å². The summed E-state index contributed by atoms with van der Waals surface area (Å²) in [5, 5.41) is 21.4. The number of phenolic OH excluding ortho intramolecular Hbond substituents is 1. The topological polar surface area (TPSA) is 98.9 Å². The molecule has 1 unspecified atom stereocenters. The minimum Gasteiger partial charge on any atom is -0.508 e. The van der Waals surface area contributed by atoms with Gasteiger partial charge in [0.15, 0.2) is 11.9 Å². The highest BCUT2D eigenvalue weighted by Crippen LogP contribution is 2.42. The zero-order valence-electron chi connectivity index (χ0n) is 15.9. The Morgan fingerprint density at radius 2 is 1.83 bits per heavy atom. The Bertz CT molecular complexity index is 1170. The molecule has 150 valence electrons. The standard InChI is InChI=1S/C23H17NO6/c1-29-16-9-6-14(7-10-16)12-19-22(26)18-13-15(25)8-11-21(18)30-23(19)17-4-2-3-5-20(17)24(27)28/h2-13,23,25H,1H3. The molecule has 0 aliphatic carbocycles. The van der Waals surface area contributed by atoms with Crippen LogP contribution in [0.25, 0.3) is 6.08 Å². The molecule has 0 spiro atoms. The summed E-state index contributed by atoms with van der Waals surface area (Å²) in [5.74, 6) is 0.478. The SMILES string of the molecule is COc1ccc(C=C2C(=O)c3cc(O)ccc3OC2c2ccccc2[N+](=O)[O-])cc1. The Morgan fingerprint density at radius 1 is 1.10 bits per heavy atom. The summed E-state index contributed by atoms with van der Waals surface area (Å²) in [6.07, 6.45) is 0.661. The summed E-state index contributed by atoms with van der Waals surface area (Å²) in [5.41, 5.74) is 1.26. The lowest BCUT2D eigenvalue weighted by molar-refractivity contribution is -0.386. The van der Waals surface area contributed by atoms with Crippen molar-refractivity contribution in [1.82, 2.24) is 0 Å². The maximum atomic E-state index is 13.3. The summed E-state index contributed by atoms with van der Waals surface area (Å²) >= 11 is 0. The van der Waals surface area contributed by atoms with Crippen molar-refractivity contribution in [3.63, 3.8) is 0 Å². The number of phenols is 1. The Labute approximate surface area is 172 Å². The third-order valence-corrected chi connectivity index (χ3v) is 4.85. The molecule has 3 aromatic carbocycles. The Balaban J connectivity index is 1.89. The van der Waals surface area contributed by atoms with Gasteiger partial charge in [-0.1, -0.05) is 24.3 Å². The smallest absolute Gasteiger partial charge is 0.276 e. The summed E-state index contributed by atoms with van der Waals surface area (Å²) < 4.78 is 11.2. The molecule has 1 N–H and O–H groups in total. The minimum absolute atomic E-state index is 0.0707. The van der Waals surface area contributed by atoms with Crippen molar-refractivity contribution in [2.24, 2.45) is 0 Å². The zero-order chi connectivity index (χ0) is 21.3. The quantitative estimate of drug-likeness (QED) is 0.385. The average Bonchev–Trinajstić information content (AvgIpc) is 2.76. The third-order valence-electron chi connectivity index (χ3n) is 4.85. The van der Waals surface area contributed by atoms with Crippen molar-refractivity contribution in [2.75, 3.05) is 7.11 Å². The van der Waals surface area contributed by atoms with Gasteiger partial charge in [-0.15, -0.1) is 0 Å². The van der Waals surface area contributed by atoms with Crippen molar-refractivity contribution in [1.29, 1.82) is 0 Å². The maximum absolute atomic E-state index is 13.3. The number of para-hydroxylation sites is 1. The number of rotatable bonds is 4. The van der Waals surface area contributed by atoms with Crippen molar-refractivity contribution < 1.29 is 24.3 Å². The van der Waals surface area contributed by atoms with Crippen LogP contribution in [0.15, 0.2) is 72.3 Å². The lowest BCUT2D eigenvalue weighted by atomic mass is 9.89. The predicted octanol–water partition coefficient (Wildman–Crippen LogP) is 4.71. The summed E-state index contributed by atoms with van der Waals surface area (Å²) in [4.78, 5) is 24.4. The van der Waals surface area contributed by atoms with Gasteiger partial charge in [0.2, 0.25) is 0 Å². The lowest BCUT2D eigenvalue weighted by Gasteiger charge is -2.28. The van der Waals surface area contributed by atoms with Gasteiger partial charge in [-0.05, 0) is 48.0 Å². The molecule has 1 aliphatic rings. The zero-order valence-corrected chi connectivity index (χ0v) is 15.9. The number of fused-ring (bicyclic) bond motifs is 1. The van der Waals surface area contributed by atoms with Crippen LogP contribution in [0.3, 0.4) is 0 Å². The molecule has 0 fully saturated rings. The molecule has 1 heterocycles. The van der Waals surface area contributed by atoms with Gasteiger partial charge < -0.3 is 14.6 Å². The Kier molecular flexibility index (Phi) is 4.93. The normalized spacial score (nSPS) is 16.6. The molecule has 0 radical (unpaired) electrons. The van der Waals surface area contributed by atoms with Gasteiger partial charge in [0.25, 0.3) is 5.69 Å². The van der Waals surface area contributed by atoms with Gasteiger partial charge in [-0.25, -0.2) is 0 Å². The predicted molar refractivity (Wildman–Crippen MR) is 110 cm³/mol. The second-order valence-corrected chi connectivity index (χ2v) is 6.70. The molecule has 3 aromatic rings. The van der Waals surface area contributed by atoms with E-state index in [1.54, 1.807) is 55.7 Å². The second kappa shape index (κ2) is 7.71. The number of nitro groups is 1. The molecule has 1 aliphatic heterocycles. The minimum atomic E-state index is -0.974. The Hall–Kier alpha value is -4.13. The molecule has 7 heteroatoms. The fourth-order valence-corrected chi connectivity index (χ4v) is 3.39. The van der Waals surface area contributed by atoms with Gasteiger partial charge in [0.05, 0.1) is 23.2 Å². The average molecular weight is 403 g/mol. The summed E-state index contributed by atoms with van der Waals surface area (Å²) in [7, 11) is 1.56. The van der Waals surface area contributed by atoms with Crippen LogP contribution in [-0.2, 0) is 0 Å². The van der Waals surface area contributed by atoms with Gasteiger partial charge in [-0.3, -0.25) is 14.9 Å². The number of Topliss-reactive ketones (excluding diaryl/α,β-unsaturated/α-hetero) is 1. The van der Waals surface area contributed by atoms with Crippen molar-refractivity contribution >= 4 is 17.5 Å². The van der Waals surface area contributed by atoms with E-state index in [9.17, 15) is 20.0 Å². The van der Waals surface area contributed by atoms with Gasteiger partial charge in [-0.2, -0.15) is 0 Å². The highest BCUT2D eigenvalue weighted by molar-refractivity contribution is 6.15. The first-order valence-electron chi connectivity index (χ1n) is 9.11. The number of nitro benzene ring substituents is 1. The molecule has 1 atom stereocenters. The third kappa shape index (κ3) is 3.48. The van der Waals surface area contributed by atoms with Crippen LogP contribution in [-0.4, -0.2) is 22.9 Å². The van der Waals surface area contributed by atoms with E-state index in [-0.39, 0.29) is 39.7 Å². The summed E-state index contributed by atoms with van der Waals surface area (Å²) in [6.45, 7) is 0. The Morgan fingerprint density at radius 3 is 2.53 bits per heavy atom. The number of carbonyl (C=O) groups is 1. The van der Waals surface area contributed by atoms with E-state index >= 15 is 0 Å². The molecule has 7 nitrogen and oxygen atoms in total. The number of benzene rings is 3. The number of methoxy groups -OCH3 is 1. The van der Waals surface area contributed by atoms with Crippen molar-refractivity contribution in [2.45, 2.75) is 6.10 Å². The van der Waals surface area contributed by atoms with Crippen LogP contribution < -0.4 is 9.47 Å². The van der Waals surface area contributed by atoms with E-state index < -0.39 is 11.0 Å². The molecular formula is C23H17NO6. The molecule has 0 bridgehead atoms. The molecule has 30 heavy (non-hydrogen) atoms. The van der Waals surface area contributed by atoms with Crippen LogP contribution in [0.2, 0.25) is 0 Å². The molecule has 0 saturated carbocycles. The molecule has 0 aromatic heterocycles. The number of hydrogen-bond donors (Lipinski definition) is 1. The second-order valence-electron chi connectivity index (χ2n) is 6.70. The van der Waals surface area contributed by atoms with Crippen LogP contribution in [0.5, 0.6) is 17.2 Å². The van der Waals surface area contributed by atoms with Crippen LogP contribution in [0, 0.1) is 10.1 Å². The van der Waals surface area contributed by atoms with Gasteiger partial charge >= 0.3 is 0 Å². The van der Waals surface area contributed by atoms with E-state index in [4.69, 9.17) is 9.47 Å². The van der Waals surface area contributed by atoms with E-state index in [0.717, 1.165) is 0 Å². The summed E-state index contributed by atoms with van der Waals surface area (Å²) in [6, 6.07) is 17.4. The molecular weight excluding hydrogens is 386 g/mol. The van der Waals surface area contributed by atoms with E-state index in [2.05, 4.69) is 0 Å². The number of aromatic hydroxyl groups is 1. The monoisotopic (exact) mass is 403 g/mol. The number of ketones is 1. The van der Waals surface area contributed by atoms with Gasteiger partial charge in [0.1, 0.15) is 17.2 Å². The van der Waals surface area contributed by atoms with Crippen LogP contribution >= 0.6 is 0 Å². The molecule has 0 saturated heterocycles. The molecule has 4 rings (SSSR count). The first-order chi connectivity index (χ1) is 14.5. The van der Waals surface area contributed by atoms with Crippen LogP contribution in [0.4, 0.5) is 5.69 Å². The number of nitrogens with zero attached hydrogens (tertiary/aromatic N) is 1. The lowest BCUT2D eigenvalue weighted by Crippen LogP contribution is -2.24. The maximum Gasteiger partial charge on any atom is 0.276 e. The van der Waals surface area contributed by atoms with E-state index in [0.29, 0.717) is 11.3 Å². The van der Waals surface area contributed by atoms with Crippen LogP contribution in [0.1, 0.15) is 27.6 Å². The fraction of sp³-hybridized carbons (Fsp3) is 0.0870. The first kappa shape index (κ1) is 19.2. The van der Waals surface area contributed by atoms with Crippen molar-refractivity contribution in [3.8, 4) is 17.2 Å². The largest absolute Gasteiger partial charge is 0.508 e. The van der Waals surface area contributed by atoms with Crippen molar-refractivity contribution in [3.05, 3.63) is 99.1 Å². The number of carbonyl (C=O) groups excluding carboxylic acids is 1. The molecule has 0 amide bonds. The highest BCUT2D eigenvalue weighted by Gasteiger charge is 2.36. The number of hydrogen-bond acceptors (Lipinski definition) is 6. The first-order valence-corrected chi connectivity index (χ1v) is 9.11. The van der Waals surface area contributed by atoms with E-state index in [1.165, 1.54) is 24.3 Å². The fourth-order valence-electron chi connectivity index (χ4n) is 3.39. The highest BCUT2D eigenvalue weighted by atomic mass is 16.6. The van der Waals surface area contributed by atoms with Gasteiger partial charge in [0, 0.05) is 11.6 Å².